The first-order valence-corrected chi connectivity index (χ1v) is 4.85. The highest BCUT2D eigenvalue weighted by molar-refractivity contribution is 4.84. The third-order valence-electron chi connectivity index (χ3n) is 2.75. The number of hydrogen-bond donors (Lipinski definition) is 1. The topological polar surface area (TPSA) is 21.3 Å². The fourth-order valence-corrected chi connectivity index (χ4v) is 1.20. The van der Waals surface area contributed by atoms with Gasteiger partial charge in [0, 0.05) is 18.0 Å². The van der Waals surface area contributed by atoms with E-state index in [1.807, 2.05) is 0 Å². The minimum Gasteiger partial charge on any atom is -0.380 e. The van der Waals surface area contributed by atoms with Crippen LogP contribution in [0.5, 0.6) is 0 Å². The van der Waals surface area contributed by atoms with E-state index in [0.717, 1.165) is 25.7 Å². The second-order valence-corrected chi connectivity index (χ2v) is 4.72. The molecule has 0 aromatic carbocycles. The molecule has 0 spiro atoms. The Bertz CT molecular complexity index is 141. The molecule has 0 saturated carbocycles. The second-order valence-electron chi connectivity index (χ2n) is 4.72. The lowest BCUT2D eigenvalue weighted by atomic mass is 9.88. The molecule has 0 amide bonds. The van der Waals surface area contributed by atoms with Crippen molar-refractivity contribution in [3.8, 4) is 0 Å². The van der Waals surface area contributed by atoms with Crippen molar-refractivity contribution in [1.82, 2.24) is 5.32 Å². The predicted octanol–water partition coefficient (Wildman–Crippen LogP) is 1.66. The Morgan fingerprint density at radius 1 is 1.33 bits per heavy atom. The van der Waals surface area contributed by atoms with Crippen LogP contribution in [0, 0.1) is 11.3 Å². The normalized spacial score (nSPS) is 23.8. The van der Waals surface area contributed by atoms with E-state index in [9.17, 15) is 0 Å². The summed E-state index contributed by atoms with van der Waals surface area (Å²) in [5.74, 6) is 0.717. The zero-order chi connectivity index (χ0) is 9.19. The van der Waals surface area contributed by atoms with Crippen molar-refractivity contribution in [3.05, 3.63) is 0 Å². The molecule has 0 aliphatic carbocycles. The Hall–Kier alpha value is -0.0800. The Kier molecular flexibility index (Phi) is 3.13. The zero-order valence-corrected chi connectivity index (χ0v) is 8.68. The standard InChI is InChI=1S/C10H21NO/c1-8(2)9(3)11-5-10(4)6-12-7-10/h8-9,11H,5-7H2,1-4H3. The van der Waals surface area contributed by atoms with Gasteiger partial charge in [-0.1, -0.05) is 20.8 Å². The quantitative estimate of drug-likeness (QED) is 0.694. The maximum atomic E-state index is 5.19. The van der Waals surface area contributed by atoms with E-state index in [2.05, 4.69) is 33.0 Å². The van der Waals surface area contributed by atoms with Crippen LogP contribution < -0.4 is 5.32 Å². The third kappa shape index (κ3) is 2.46. The maximum absolute atomic E-state index is 5.19. The summed E-state index contributed by atoms with van der Waals surface area (Å²) < 4.78 is 5.19. The van der Waals surface area contributed by atoms with E-state index in [4.69, 9.17) is 4.74 Å². The van der Waals surface area contributed by atoms with Crippen molar-refractivity contribution in [2.24, 2.45) is 11.3 Å². The zero-order valence-electron chi connectivity index (χ0n) is 8.68. The monoisotopic (exact) mass is 171 g/mol. The third-order valence-corrected chi connectivity index (χ3v) is 2.75. The average molecular weight is 171 g/mol. The molecule has 2 nitrogen and oxygen atoms in total. The van der Waals surface area contributed by atoms with Crippen LogP contribution in [0.2, 0.25) is 0 Å². The second kappa shape index (κ2) is 3.75. The highest BCUT2D eigenvalue weighted by Gasteiger charge is 2.33. The van der Waals surface area contributed by atoms with Crippen LogP contribution in [0.3, 0.4) is 0 Å². The average Bonchev–Trinajstić information content (AvgIpc) is 1.96. The van der Waals surface area contributed by atoms with Crippen molar-refractivity contribution >= 4 is 0 Å². The van der Waals surface area contributed by atoms with Crippen LogP contribution in [0.4, 0.5) is 0 Å². The van der Waals surface area contributed by atoms with Gasteiger partial charge in [-0.25, -0.2) is 0 Å². The molecule has 0 radical (unpaired) electrons. The first-order valence-electron chi connectivity index (χ1n) is 4.85. The lowest BCUT2D eigenvalue weighted by Crippen LogP contribution is -2.49. The summed E-state index contributed by atoms with van der Waals surface area (Å²) in [5.41, 5.74) is 0.406. The lowest BCUT2D eigenvalue weighted by Gasteiger charge is -2.39. The van der Waals surface area contributed by atoms with Gasteiger partial charge >= 0.3 is 0 Å². The smallest absolute Gasteiger partial charge is 0.0554 e. The minimum absolute atomic E-state index is 0.406. The molecule has 1 fully saturated rings. The Morgan fingerprint density at radius 3 is 2.25 bits per heavy atom. The van der Waals surface area contributed by atoms with E-state index in [0.29, 0.717) is 11.5 Å². The van der Waals surface area contributed by atoms with Crippen molar-refractivity contribution in [1.29, 1.82) is 0 Å². The van der Waals surface area contributed by atoms with Gasteiger partial charge in [0.2, 0.25) is 0 Å². The van der Waals surface area contributed by atoms with Crippen LogP contribution in [0.1, 0.15) is 27.7 Å². The van der Waals surface area contributed by atoms with E-state index < -0.39 is 0 Å². The van der Waals surface area contributed by atoms with Gasteiger partial charge in [-0.3, -0.25) is 0 Å². The number of hydrogen-bond acceptors (Lipinski definition) is 2. The molecular weight excluding hydrogens is 150 g/mol. The maximum Gasteiger partial charge on any atom is 0.0554 e. The molecule has 1 saturated heterocycles. The van der Waals surface area contributed by atoms with E-state index in [1.165, 1.54) is 0 Å². The molecule has 1 aliphatic rings. The molecule has 0 bridgehead atoms. The van der Waals surface area contributed by atoms with Gasteiger partial charge in [-0.15, -0.1) is 0 Å². The Balaban J connectivity index is 2.16. The SMILES string of the molecule is CC(C)C(C)NCC1(C)COC1. The van der Waals surface area contributed by atoms with Gasteiger partial charge in [0.1, 0.15) is 0 Å². The van der Waals surface area contributed by atoms with E-state index in [-0.39, 0.29) is 0 Å². The fourth-order valence-electron chi connectivity index (χ4n) is 1.20. The summed E-state index contributed by atoms with van der Waals surface area (Å²) in [5, 5.41) is 3.54. The van der Waals surface area contributed by atoms with Crippen LogP contribution in [-0.4, -0.2) is 25.8 Å². The van der Waals surface area contributed by atoms with Crippen molar-refractivity contribution in [3.63, 3.8) is 0 Å². The molecule has 1 unspecified atom stereocenters. The fraction of sp³-hybridized carbons (Fsp3) is 1.00. The molecular formula is C10H21NO. The summed E-state index contributed by atoms with van der Waals surface area (Å²) in [6, 6.07) is 0.613. The molecule has 1 N–H and O–H groups in total. The minimum atomic E-state index is 0.406. The first-order chi connectivity index (χ1) is 5.53. The largest absolute Gasteiger partial charge is 0.380 e. The van der Waals surface area contributed by atoms with Gasteiger partial charge < -0.3 is 10.1 Å². The molecule has 1 aliphatic heterocycles. The molecule has 0 aromatic heterocycles. The molecule has 1 heterocycles. The molecule has 1 atom stereocenters. The lowest BCUT2D eigenvalue weighted by molar-refractivity contribution is -0.100. The molecule has 0 aromatic rings. The summed E-state index contributed by atoms with van der Waals surface area (Å²) in [7, 11) is 0. The summed E-state index contributed by atoms with van der Waals surface area (Å²) in [6.45, 7) is 11.9. The van der Waals surface area contributed by atoms with Crippen molar-refractivity contribution < 1.29 is 4.74 Å². The van der Waals surface area contributed by atoms with Crippen molar-refractivity contribution in [2.75, 3.05) is 19.8 Å². The van der Waals surface area contributed by atoms with Crippen LogP contribution >= 0.6 is 0 Å². The van der Waals surface area contributed by atoms with Gasteiger partial charge in [0.25, 0.3) is 0 Å². The van der Waals surface area contributed by atoms with Crippen LogP contribution in [-0.2, 0) is 4.74 Å². The van der Waals surface area contributed by atoms with Crippen LogP contribution in [0.25, 0.3) is 0 Å². The summed E-state index contributed by atoms with van der Waals surface area (Å²) in [6.07, 6.45) is 0. The first kappa shape index (κ1) is 10.0. The summed E-state index contributed by atoms with van der Waals surface area (Å²) >= 11 is 0. The Morgan fingerprint density at radius 2 is 1.92 bits per heavy atom. The molecule has 72 valence electrons. The number of ether oxygens (including phenoxy) is 1. The number of nitrogens with one attached hydrogen (secondary N) is 1. The van der Waals surface area contributed by atoms with Crippen LogP contribution in [0.15, 0.2) is 0 Å². The predicted molar refractivity (Wildman–Crippen MR) is 51.2 cm³/mol. The summed E-state index contributed by atoms with van der Waals surface area (Å²) in [4.78, 5) is 0. The Labute approximate surface area is 75.7 Å². The van der Waals surface area contributed by atoms with Gasteiger partial charge in [0.05, 0.1) is 13.2 Å². The highest BCUT2D eigenvalue weighted by Crippen LogP contribution is 2.25. The molecule has 12 heavy (non-hydrogen) atoms. The van der Waals surface area contributed by atoms with E-state index >= 15 is 0 Å². The molecule has 2 heteroatoms. The molecule has 1 rings (SSSR count). The van der Waals surface area contributed by atoms with E-state index in [1.54, 1.807) is 0 Å². The van der Waals surface area contributed by atoms with Gasteiger partial charge in [-0.05, 0) is 12.8 Å². The number of rotatable bonds is 4. The van der Waals surface area contributed by atoms with Crippen molar-refractivity contribution in [2.45, 2.75) is 33.7 Å². The van der Waals surface area contributed by atoms with Gasteiger partial charge in [0.15, 0.2) is 0 Å². The highest BCUT2D eigenvalue weighted by atomic mass is 16.5. The van der Waals surface area contributed by atoms with Gasteiger partial charge in [-0.2, -0.15) is 0 Å².